The highest BCUT2D eigenvalue weighted by atomic mass is 16.7. The molecule has 14 heteroatoms. The maximum absolute atomic E-state index is 13.4. The Balaban J connectivity index is 1.60. The van der Waals surface area contributed by atoms with E-state index in [2.05, 4.69) is 129 Å². The first-order valence-corrected chi connectivity index (χ1v) is 42.3. The van der Waals surface area contributed by atoms with Gasteiger partial charge in [0.1, 0.15) is 48.8 Å². The van der Waals surface area contributed by atoms with Crippen LogP contribution in [-0.2, 0) is 23.7 Å². The average Bonchev–Trinajstić information content (AvgIpc) is 0.791. The molecule has 0 spiro atoms. The van der Waals surface area contributed by atoms with E-state index in [0.29, 0.717) is 6.42 Å². The Hall–Kier alpha value is -3.61. The number of carbonyl (C=O) groups is 1. The third kappa shape index (κ3) is 53.8. The zero-order chi connectivity index (χ0) is 74.4. The second-order valence-electron chi connectivity index (χ2n) is 29.2. The quantitative estimate of drug-likeness (QED) is 0.0204. The van der Waals surface area contributed by atoms with Crippen LogP contribution in [-0.4, -0.2) is 140 Å². The number of allylic oxidation sites excluding steroid dienone is 19. The molecule has 9 N–H and O–H groups in total. The lowest BCUT2D eigenvalue weighted by Crippen LogP contribution is -2.65. The second kappa shape index (κ2) is 71.3. The Morgan fingerprint density at radius 3 is 1.03 bits per heavy atom. The van der Waals surface area contributed by atoms with Gasteiger partial charge in [-0.1, -0.05) is 367 Å². The number of amides is 1. The van der Waals surface area contributed by atoms with Crippen molar-refractivity contribution in [1.82, 2.24) is 5.32 Å². The first-order chi connectivity index (χ1) is 50.6. The fourth-order valence-electron chi connectivity index (χ4n) is 13.3. The number of unbranched alkanes of at least 4 members (excludes halogenated alkanes) is 39. The summed E-state index contributed by atoms with van der Waals surface area (Å²) in [7, 11) is 0. The van der Waals surface area contributed by atoms with Gasteiger partial charge >= 0.3 is 0 Å². The van der Waals surface area contributed by atoms with Gasteiger partial charge in [-0.2, -0.15) is 0 Å². The molecule has 1 amide bonds. The molecule has 2 aliphatic heterocycles. The van der Waals surface area contributed by atoms with Crippen molar-refractivity contribution in [2.75, 3.05) is 19.8 Å². The van der Waals surface area contributed by atoms with Crippen LogP contribution >= 0.6 is 0 Å². The third-order valence-electron chi connectivity index (χ3n) is 19.9. The van der Waals surface area contributed by atoms with Crippen LogP contribution in [0.15, 0.2) is 122 Å². The van der Waals surface area contributed by atoms with Gasteiger partial charge < -0.3 is 65.1 Å². The molecule has 0 bridgehead atoms. The normalized spacial score (nSPS) is 22.2. The highest BCUT2D eigenvalue weighted by molar-refractivity contribution is 5.76. The van der Waals surface area contributed by atoms with E-state index >= 15 is 0 Å². The van der Waals surface area contributed by atoms with Gasteiger partial charge in [0, 0.05) is 6.42 Å². The molecule has 0 aromatic heterocycles. The molecule has 0 aliphatic carbocycles. The predicted molar refractivity (Wildman–Crippen MR) is 429 cm³/mol. The molecule has 2 rings (SSSR count). The molecule has 14 nitrogen and oxygen atoms in total. The maximum atomic E-state index is 13.4. The summed E-state index contributed by atoms with van der Waals surface area (Å²) in [5.74, 6) is -0.240. The van der Waals surface area contributed by atoms with Crippen LogP contribution in [0.1, 0.15) is 341 Å². The van der Waals surface area contributed by atoms with Crippen LogP contribution in [0.3, 0.4) is 0 Å². The minimum atomic E-state index is -1.79. The summed E-state index contributed by atoms with van der Waals surface area (Å²) in [5, 5.41) is 87.8. The van der Waals surface area contributed by atoms with Gasteiger partial charge in [0.2, 0.25) is 5.91 Å². The largest absolute Gasteiger partial charge is 0.394 e. The Bertz CT molecular complexity index is 2200. The summed E-state index contributed by atoms with van der Waals surface area (Å²) in [4.78, 5) is 13.4. The van der Waals surface area contributed by atoms with E-state index in [1.807, 2.05) is 6.08 Å². The molecule has 0 aromatic rings. The molecule has 12 unspecified atom stereocenters. The van der Waals surface area contributed by atoms with Gasteiger partial charge in [-0.15, -0.1) is 0 Å². The number of rotatable bonds is 70. The molecule has 2 heterocycles. The zero-order valence-electron chi connectivity index (χ0n) is 65.3. The first kappa shape index (κ1) is 95.5. The van der Waals surface area contributed by atoms with Crippen LogP contribution in [0.2, 0.25) is 0 Å². The van der Waals surface area contributed by atoms with E-state index in [-0.39, 0.29) is 18.9 Å². The smallest absolute Gasteiger partial charge is 0.220 e. The summed E-state index contributed by atoms with van der Waals surface area (Å²) in [6.07, 6.45) is 88.5. The number of hydrogen-bond acceptors (Lipinski definition) is 13. The molecular formula is C89H155NO13. The molecule has 2 saturated heterocycles. The second-order valence-corrected chi connectivity index (χ2v) is 29.2. The Morgan fingerprint density at radius 2 is 0.670 bits per heavy atom. The topological polar surface area (TPSA) is 228 Å². The Kier molecular flexibility index (Phi) is 66.1. The summed E-state index contributed by atoms with van der Waals surface area (Å²) in [6, 6.07) is -0.924. The number of aliphatic hydroxyl groups is 8. The van der Waals surface area contributed by atoms with E-state index in [1.165, 1.54) is 212 Å². The summed E-state index contributed by atoms with van der Waals surface area (Å²) < 4.78 is 22.9. The van der Waals surface area contributed by atoms with Gasteiger partial charge in [-0.3, -0.25) is 4.79 Å². The lowest BCUT2D eigenvalue weighted by Gasteiger charge is -2.46. The standard InChI is InChI=1S/C89H155NO13/c1-3-5-7-9-11-13-15-17-19-21-23-25-27-29-31-33-34-35-36-37-38-39-40-41-42-43-44-45-47-49-51-53-55-57-59-61-63-65-67-69-71-73-81(94)90-77(76-100-88-86(99)84(97)87(80(75-92)102-88)103-89-85(98)83(96)82(95)79(74-91)101-89)78(93)72-70-68-66-64-62-60-58-56-54-52-50-48-46-32-30-28-26-24-22-20-18-16-14-12-10-8-6-4-2/h5,7,11,13,17,19,23,25,29,31,34-35,37-38,40-41,43-44,70,72,77-80,82-89,91-93,95-99H,3-4,6,8-10,12,14-16,18,20-22,24,26-28,30,32-33,36,39,42,45-69,71,73-76H2,1-2H3,(H,90,94)/b7-5-,13-11-,19-17-,25-23-,31-29-,35-34-,38-37-,41-40-,44-43-,72-70+. The van der Waals surface area contributed by atoms with Crippen molar-refractivity contribution in [2.24, 2.45) is 0 Å². The van der Waals surface area contributed by atoms with Gasteiger partial charge in [0.05, 0.1) is 32.0 Å². The van der Waals surface area contributed by atoms with Crippen LogP contribution < -0.4 is 5.32 Å². The van der Waals surface area contributed by atoms with E-state index < -0.39 is 86.8 Å². The van der Waals surface area contributed by atoms with E-state index in [1.54, 1.807) is 6.08 Å². The monoisotopic (exact) mass is 1450 g/mol. The molecular weight excluding hydrogens is 1290 g/mol. The van der Waals surface area contributed by atoms with Crippen LogP contribution in [0.5, 0.6) is 0 Å². The van der Waals surface area contributed by atoms with Gasteiger partial charge in [-0.25, -0.2) is 0 Å². The number of nitrogens with one attached hydrogen (secondary N) is 1. The SMILES string of the molecule is CC/C=C\C/C=C\C/C=C\C/C=C\C/C=C\C/C=C\C/C=C\C/C=C\C/C=C\CCCCCCCCCCCCCCCC(=O)NC(COC1OC(CO)C(OC2OC(CO)C(O)C(O)C2O)C(O)C1O)C(O)/C=C/CCCCCCCCCCCCCCCCCCCCCCCCCCCC. The number of carbonyl (C=O) groups excluding carboxylic acids is 1. The summed E-state index contributed by atoms with van der Waals surface area (Å²) in [6.45, 7) is 2.72. The highest BCUT2D eigenvalue weighted by Gasteiger charge is 2.51. The Morgan fingerprint density at radius 1 is 0.359 bits per heavy atom. The van der Waals surface area contributed by atoms with Crippen molar-refractivity contribution in [2.45, 2.75) is 415 Å². The number of hydrogen-bond donors (Lipinski definition) is 9. The maximum Gasteiger partial charge on any atom is 0.220 e. The number of ether oxygens (including phenoxy) is 4. The minimum absolute atomic E-state index is 0.240. The molecule has 0 saturated carbocycles. The van der Waals surface area contributed by atoms with Crippen molar-refractivity contribution in [3.05, 3.63) is 122 Å². The molecule has 12 atom stereocenters. The third-order valence-corrected chi connectivity index (χ3v) is 19.9. The van der Waals surface area contributed by atoms with E-state index in [9.17, 15) is 45.6 Å². The van der Waals surface area contributed by atoms with Crippen molar-refractivity contribution in [3.8, 4) is 0 Å². The predicted octanol–water partition coefficient (Wildman–Crippen LogP) is 20.0. The zero-order valence-corrected chi connectivity index (χ0v) is 65.3. The number of aliphatic hydroxyl groups excluding tert-OH is 8. The summed E-state index contributed by atoms with van der Waals surface area (Å²) >= 11 is 0. The Labute approximate surface area is 628 Å². The fraction of sp³-hybridized carbons (Fsp3) is 0.764. The van der Waals surface area contributed by atoms with Crippen molar-refractivity contribution < 1.29 is 64.6 Å². The highest BCUT2D eigenvalue weighted by Crippen LogP contribution is 2.30. The molecule has 103 heavy (non-hydrogen) atoms. The van der Waals surface area contributed by atoms with Crippen molar-refractivity contribution in [3.63, 3.8) is 0 Å². The van der Waals surface area contributed by atoms with E-state index in [4.69, 9.17) is 18.9 Å². The molecule has 2 aliphatic rings. The van der Waals surface area contributed by atoms with Gasteiger partial charge in [0.25, 0.3) is 0 Å². The van der Waals surface area contributed by atoms with Crippen molar-refractivity contribution in [1.29, 1.82) is 0 Å². The molecule has 0 aromatic carbocycles. The van der Waals surface area contributed by atoms with Crippen molar-refractivity contribution >= 4 is 5.91 Å². The fourth-order valence-corrected chi connectivity index (χ4v) is 13.3. The molecule has 2 fully saturated rings. The van der Waals surface area contributed by atoms with Crippen LogP contribution in [0.4, 0.5) is 0 Å². The van der Waals surface area contributed by atoms with E-state index in [0.717, 1.165) is 103 Å². The lowest BCUT2D eigenvalue weighted by molar-refractivity contribution is -0.359. The van der Waals surface area contributed by atoms with Gasteiger partial charge in [0.15, 0.2) is 12.6 Å². The van der Waals surface area contributed by atoms with Crippen LogP contribution in [0.25, 0.3) is 0 Å². The lowest BCUT2D eigenvalue weighted by atomic mass is 9.97. The van der Waals surface area contributed by atoms with Crippen LogP contribution in [0, 0.1) is 0 Å². The average molecular weight is 1450 g/mol. The summed E-state index contributed by atoms with van der Waals surface area (Å²) in [5.41, 5.74) is 0. The van der Waals surface area contributed by atoms with Gasteiger partial charge in [-0.05, 0) is 89.9 Å². The first-order valence-electron chi connectivity index (χ1n) is 42.3. The molecule has 0 radical (unpaired) electrons. The minimum Gasteiger partial charge on any atom is -0.394 e. The molecule has 594 valence electrons.